The first-order valence-corrected chi connectivity index (χ1v) is 12.7. The van der Waals surface area contributed by atoms with E-state index in [1.807, 2.05) is 18.2 Å². The van der Waals surface area contributed by atoms with Gasteiger partial charge in [0, 0.05) is 30.2 Å². The van der Waals surface area contributed by atoms with Gasteiger partial charge in [-0.3, -0.25) is 19.5 Å². The zero-order valence-electron chi connectivity index (χ0n) is 21.6. The summed E-state index contributed by atoms with van der Waals surface area (Å²) in [6, 6.07) is 9.44. The Morgan fingerprint density at radius 3 is 2.79 bits per heavy atom. The van der Waals surface area contributed by atoms with Gasteiger partial charge in [0.25, 0.3) is 0 Å². The lowest BCUT2D eigenvalue weighted by Crippen LogP contribution is -2.37. The van der Waals surface area contributed by atoms with Gasteiger partial charge in [0.1, 0.15) is 11.6 Å². The van der Waals surface area contributed by atoms with Crippen molar-refractivity contribution in [3.05, 3.63) is 94.1 Å². The van der Waals surface area contributed by atoms with E-state index >= 15 is 0 Å². The molecule has 0 radical (unpaired) electrons. The molecule has 0 aliphatic carbocycles. The number of benzene rings is 2. The summed E-state index contributed by atoms with van der Waals surface area (Å²) in [6.45, 7) is 3.69. The predicted molar refractivity (Wildman–Crippen MR) is 141 cm³/mol. The van der Waals surface area contributed by atoms with Crippen molar-refractivity contribution in [3.8, 4) is 0 Å². The van der Waals surface area contributed by atoms with E-state index in [1.54, 1.807) is 38.4 Å². The number of nitrogens with zero attached hydrogens (tertiary/aromatic N) is 2. The molecule has 200 valence electrons. The first kappa shape index (κ1) is 26.0. The first-order valence-electron chi connectivity index (χ1n) is 12.7. The Balaban J connectivity index is 1.31. The van der Waals surface area contributed by atoms with Crippen LogP contribution in [0.3, 0.4) is 0 Å². The van der Waals surface area contributed by atoms with Crippen molar-refractivity contribution in [2.75, 3.05) is 0 Å². The third-order valence-electron chi connectivity index (χ3n) is 6.78. The summed E-state index contributed by atoms with van der Waals surface area (Å²) in [7, 11) is 0. The summed E-state index contributed by atoms with van der Waals surface area (Å²) in [5, 5.41) is 13.4. The van der Waals surface area contributed by atoms with Crippen molar-refractivity contribution < 1.29 is 23.2 Å². The summed E-state index contributed by atoms with van der Waals surface area (Å²) in [5.41, 5.74) is 3.80. The van der Waals surface area contributed by atoms with Crippen LogP contribution in [0.15, 0.2) is 64.4 Å². The van der Waals surface area contributed by atoms with Crippen LogP contribution in [0.5, 0.6) is 0 Å². The molecule has 1 aliphatic rings. The maximum atomic E-state index is 14.7. The third-order valence-corrected chi connectivity index (χ3v) is 6.78. The molecule has 2 amide bonds. The standard InChI is InChI=1S/C29H28FN5O4/c1-16-9-26(38)34-29(28(16)24(36)11-18-3-7-23-21(10-18)14-33-35-23)20-4-6-22(30)19(12-20)5-8-25(37)31-15-27-32-13-17(2)39-27/h3-4,6-7,10,12-14,29H,5,8-9,11,15H2,1-2H3,(H,31,37)(H,33,35)(H,34,38). The number of carbonyl (C=O) groups is 3. The highest BCUT2D eigenvalue weighted by Gasteiger charge is 2.31. The van der Waals surface area contributed by atoms with Crippen molar-refractivity contribution in [3.63, 3.8) is 0 Å². The lowest BCUT2D eigenvalue weighted by Gasteiger charge is -2.28. The van der Waals surface area contributed by atoms with Crippen molar-refractivity contribution >= 4 is 28.5 Å². The molecular formula is C29H28FN5O4. The van der Waals surface area contributed by atoms with Crippen LogP contribution in [0, 0.1) is 12.7 Å². The van der Waals surface area contributed by atoms with E-state index in [0.29, 0.717) is 33.9 Å². The molecule has 3 heterocycles. The van der Waals surface area contributed by atoms with Crippen LogP contribution in [0.4, 0.5) is 4.39 Å². The second-order valence-corrected chi connectivity index (χ2v) is 9.76. The topological polar surface area (TPSA) is 130 Å². The summed E-state index contributed by atoms with van der Waals surface area (Å²) in [5.74, 6) is -0.0182. The first-order chi connectivity index (χ1) is 18.8. The number of nitrogens with one attached hydrogen (secondary N) is 3. The third kappa shape index (κ3) is 5.95. The number of carbonyl (C=O) groups excluding carboxylic acids is 3. The monoisotopic (exact) mass is 529 g/mol. The minimum Gasteiger partial charge on any atom is -0.444 e. The number of oxazole rings is 1. The Kier molecular flexibility index (Phi) is 7.36. The lowest BCUT2D eigenvalue weighted by atomic mass is 9.85. The van der Waals surface area contributed by atoms with Gasteiger partial charge in [0.2, 0.25) is 17.7 Å². The number of aromatic nitrogens is 3. The number of amides is 2. The van der Waals surface area contributed by atoms with Gasteiger partial charge >= 0.3 is 0 Å². The number of hydrogen-bond donors (Lipinski definition) is 3. The van der Waals surface area contributed by atoms with Crippen LogP contribution in [0.2, 0.25) is 0 Å². The van der Waals surface area contributed by atoms with Crippen LogP contribution in [-0.2, 0) is 33.8 Å². The van der Waals surface area contributed by atoms with E-state index in [2.05, 4.69) is 25.8 Å². The minimum atomic E-state index is -0.710. The van der Waals surface area contributed by atoms with Gasteiger partial charge in [-0.25, -0.2) is 9.37 Å². The van der Waals surface area contributed by atoms with Crippen LogP contribution in [-0.4, -0.2) is 32.8 Å². The normalized spacial score (nSPS) is 15.5. The average Bonchev–Trinajstić information content (AvgIpc) is 3.54. The molecule has 1 unspecified atom stereocenters. The van der Waals surface area contributed by atoms with Gasteiger partial charge < -0.3 is 15.1 Å². The maximum Gasteiger partial charge on any atom is 0.224 e. The lowest BCUT2D eigenvalue weighted by molar-refractivity contribution is -0.122. The number of Topliss-reactive ketones (excluding diaryl/α,β-unsaturated/α-hetero) is 1. The van der Waals surface area contributed by atoms with Crippen LogP contribution >= 0.6 is 0 Å². The van der Waals surface area contributed by atoms with E-state index in [9.17, 15) is 18.8 Å². The molecule has 1 atom stereocenters. The molecule has 2 aromatic carbocycles. The van der Waals surface area contributed by atoms with E-state index < -0.39 is 11.9 Å². The predicted octanol–water partition coefficient (Wildman–Crippen LogP) is 3.94. The second-order valence-electron chi connectivity index (χ2n) is 9.76. The molecule has 3 N–H and O–H groups in total. The fourth-order valence-corrected chi connectivity index (χ4v) is 4.86. The van der Waals surface area contributed by atoms with Gasteiger partial charge in [0.05, 0.1) is 30.5 Å². The maximum absolute atomic E-state index is 14.7. The van der Waals surface area contributed by atoms with Crippen LogP contribution < -0.4 is 10.6 Å². The number of aromatic amines is 1. The Morgan fingerprint density at radius 1 is 1.15 bits per heavy atom. The molecule has 2 aromatic heterocycles. The highest BCUT2D eigenvalue weighted by Crippen LogP contribution is 2.32. The number of fused-ring (bicyclic) bond motifs is 1. The summed E-state index contributed by atoms with van der Waals surface area (Å²) >= 11 is 0. The molecule has 9 nitrogen and oxygen atoms in total. The van der Waals surface area contributed by atoms with E-state index in [1.165, 1.54) is 6.07 Å². The fraction of sp³-hybridized carbons (Fsp3) is 0.276. The molecule has 10 heteroatoms. The minimum absolute atomic E-state index is 0.0498. The number of aryl methyl sites for hydroxylation is 2. The number of H-pyrrole nitrogens is 1. The van der Waals surface area contributed by atoms with Gasteiger partial charge in [-0.1, -0.05) is 23.8 Å². The SMILES string of the molecule is CC1=C(C(=O)Cc2ccc3[nH]ncc3c2)C(c2ccc(F)c(CCC(=O)NCc3ncc(C)o3)c2)NC(=O)C1. The highest BCUT2D eigenvalue weighted by atomic mass is 19.1. The molecule has 0 spiro atoms. The highest BCUT2D eigenvalue weighted by molar-refractivity contribution is 6.02. The van der Waals surface area contributed by atoms with Crippen molar-refractivity contribution in [1.29, 1.82) is 0 Å². The van der Waals surface area contributed by atoms with Crippen LogP contribution in [0.1, 0.15) is 54.1 Å². The molecule has 0 fully saturated rings. The zero-order chi connectivity index (χ0) is 27.5. The Bertz CT molecular complexity index is 1600. The summed E-state index contributed by atoms with van der Waals surface area (Å²) < 4.78 is 20.0. The average molecular weight is 530 g/mol. The molecular weight excluding hydrogens is 501 g/mol. The fourth-order valence-electron chi connectivity index (χ4n) is 4.86. The van der Waals surface area contributed by atoms with Crippen molar-refractivity contribution in [2.24, 2.45) is 0 Å². The Labute approximate surface area is 223 Å². The van der Waals surface area contributed by atoms with Crippen LogP contribution in [0.25, 0.3) is 10.9 Å². The largest absolute Gasteiger partial charge is 0.444 e. The van der Waals surface area contributed by atoms with E-state index in [4.69, 9.17) is 4.42 Å². The number of hydrogen-bond acceptors (Lipinski definition) is 6. The van der Waals surface area contributed by atoms with Gasteiger partial charge in [0.15, 0.2) is 5.78 Å². The smallest absolute Gasteiger partial charge is 0.224 e. The van der Waals surface area contributed by atoms with Gasteiger partial charge in [-0.2, -0.15) is 5.10 Å². The quantitative estimate of drug-likeness (QED) is 0.301. The summed E-state index contributed by atoms with van der Waals surface area (Å²) in [4.78, 5) is 42.4. The molecule has 5 rings (SSSR count). The van der Waals surface area contributed by atoms with E-state index in [0.717, 1.165) is 16.5 Å². The number of rotatable bonds is 9. The Hall–Kier alpha value is -4.60. The molecule has 0 saturated heterocycles. The zero-order valence-corrected chi connectivity index (χ0v) is 21.6. The summed E-state index contributed by atoms with van der Waals surface area (Å²) in [6.07, 6.45) is 3.74. The molecule has 0 bridgehead atoms. The molecule has 4 aromatic rings. The number of ketones is 1. The van der Waals surface area contributed by atoms with Crippen molar-refractivity contribution in [1.82, 2.24) is 25.8 Å². The Morgan fingerprint density at radius 2 is 2.00 bits per heavy atom. The van der Waals surface area contributed by atoms with Crippen molar-refractivity contribution in [2.45, 2.75) is 52.1 Å². The molecule has 39 heavy (non-hydrogen) atoms. The van der Waals surface area contributed by atoms with E-state index in [-0.39, 0.29) is 49.8 Å². The van der Waals surface area contributed by atoms with Gasteiger partial charge in [-0.15, -0.1) is 0 Å². The molecule has 0 saturated carbocycles. The number of halogens is 1. The second kappa shape index (κ2) is 11.0. The molecule has 1 aliphatic heterocycles. The van der Waals surface area contributed by atoms with Gasteiger partial charge in [-0.05, 0) is 55.2 Å².